The summed E-state index contributed by atoms with van der Waals surface area (Å²) in [5.41, 5.74) is 0.627. The van der Waals surface area contributed by atoms with Crippen molar-refractivity contribution >= 4 is 8.58 Å². The lowest BCUT2D eigenvalue weighted by Crippen LogP contribution is -2.57. The minimum absolute atomic E-state index is 0.627. The third kappa shape index (κ3) is 1.52. The standard InChI is InChI=1S/C15H29P/c1-10-7-12(3)15(16-6)9-14(10,5)11(2)8-13(15)4/h10-13,16H,7-9H2,1-6H3/t10-,11+,12+,13-,14?,15?. The Hall–Kier alpha value is 0.430. The fourth-order valence-electron chi connectivity index (χ4n) is 4.90. The second-order valence-electron chi connectivity index (χ2n) is 7.05. The van der Waals surface area contributed by atoms with Gasteiger partial charge in [-0.15, -0.1) is 8.58 Å². The lowest BCUT2D eigenvalue weighted by atomic mass is 9.49. The predicted octanol–water partition coefficient (Wildman–Crippen LogP) is 4.78. The van der Waals surface area contributed by atoms with E-state index >= 15 is 0 Å². The summed E-state index contributed by atoms with van der Waals surface area (Å²) in [6.45, 7) is 15.1. The molecule has 0 amide bonds. The molecule has 2 aliphatic carbocycles. The van der Waals surface area contributed by atoms with E-state index in [0.717, 1.165) is 32.3 Å². The number of hydrogen-bond donors (Lipinski definition) is 0. The van der Waals surface area contributed by atoms with Crippen LogP contribution < -0.4 is 0 Å². The highest BCUT2D eigenvalue weighted by molar-refractivity contribution is 7.39. The third-order valence-electron chi connectivity index (χ3n) is 6.56. The van der Waals surface area contributed by atoms with E-state index in [0.29, 0.717) is 10.6 Å². The van der Waals surface area contributed by atoms with Gasteiger partial charge >= 0.3 is 0 Å². The number of fused-ring (bicyclic) bond motifs is 2. The summed E-state index contributed by atoms with van der Waals surface area (Å²) in [6.07, 6.45) is 4.43. The fraction of sp³-hybridized carbons (Fsp3) is 1.00. The molecule has 0 aromatic carbocycles. The first-order valence-electron chi connectivity index (χ1n) is 7.05. The monoisotopic (exact) mass is 240 g/mol. The zero-order valence-corrected chi connectivity index (χ0v) is 12.9. The fourth-order valence-corrected chi connectivity index (χ4v) is 6.68. The van der Waals surface area contributed by atoms with Gasteiger partial charge in [-0.25, -0.2) is 0 Å². The molecule has 2 rings (SSSR count). The molecule has 2 fully saturated rings. The van der Waals surface area contributed by atoms with Crippen molar-refractivity contribution in [2.45, 2.75) is 59.0 Å². The molecule has 0 radical (unpaired) electrons. The van der Waals surface area contributed by atoms with E-state index in [4.69, 9.17) is 0 Å². The molecule has 0 heterocycles. The molecule has 0 aromatic rings. The zero-order valence-electron chi connectivity index (χ0n) is 11.9. The number of hydrogen-bond acceptors (Lipinski definition) is 0. The Bertz CT molecular complexity index is 253. The SMILES string of the molecule is CPC12CC(C)([C@H](C)C[C@@H]1C)[C@@H](C)C[C@H]2C. The molecule has 2 saturated carbocycles. The minimum atomic E-state index is 0.627. The van der Waals surface area contributed by atoms with Crippen LogP contribution in [0.1, 0.15) is 53.9 Å². The summed E-state index contributed by atoms with van der Waals surface area (Å²) in [6, 6.07) is 0. The van der Waals surface area contributed by atoms with E-state index in [1.165, 1.54) is 19.3 Å². The van der Waals surface area contributed by atoms with Crippen LogP contribution in [0.3, 0.4) is 0 Å². The average Bonchev–Trinajstić information content (AvgIpc) is 2.22. The topological polar surface area (TPSA) is 0 Å². The average molecular weight is 240 g/mol. The van der Waals surface area contributed by atoms with Crippen LogP contribution in [0.2, 0.25) is 0 Å². The molecule has 3 unspecified atom stereocenters. The van der Waals surface area contributed by atoms with Gasteiger partial charge in [0.1, 0.15) is 0 Å². The summed E-state index contributed by atoms with van der Waals surface area (Å²) < 4.78 is 0. The second-order valence-corrected chi connectivity index (χ2v) is 8.48. The van der Waals surface area contributed by atoms with E-state index in [2.05, 4.69) is 41.3 Å². The molecule has 0 aliphatic heterocycles. The Morgan fingerprint density at radius 3 is 1.69 bits per heavy atom. The van der Waals surface area contributed by atoms with E-state index in [1.54, 1.807) is 0 Å². The van der Waals surface area contributed by atoms with Crippen LogP contribution in [0, 0.1) is 29.1 Å². The Kier molecular flexibility index (Phi) is 3.20. The van der Waals surface area contributed by atoms with E-state index in [1.807, 2.05) is 0 Å². The van der Waals surface area contributed by atoms with Crippen molar-refractivity contribution in [1.29, 1.82) is 0 Å². The van der Waals surface area contributed by atoms with Crippen molar-refractivity contribution in [2.24, 2.45) is 29.1 Å². The lowest BCUT2D eigenvalue weighted by Gasteiger charge is -2.62. The van der Waals surface area contributed by atoms with Crippen LogP contribution in [0.5, 0.6) is 0 Å². The van der Waals surface area contributed by atoms with Crippen LogP contribution in [0.25, 0.3) is 0 Å². The van der Waals surface area contributed by atoms with E-state index in [-0.39, 0.29) is 0 Å². The van der Waals surface area contributed by atoms with Crippen molar-refractivity contribution in [3.63, 3.8) is 0 Å². The highest BCUT2D eigenvalue weighted by Gasteiger charge is 2.56. The van der Waals surface area contributed by atoms with Gasteiger partial charge in [0.15, 0.2) is 0 Å². The third-order valence-corrected chi connectivity index (χ3v) is 8.66. The van der Waals surface area contributed by atoms with Crippen molar-refractivity contribution < 1.29 is 0 Å². The van der Waals surface area contributed by atoms with Crippen LogP contribution in [0.4, 0.5) is 0 Å². The van der Waals surface area contributed by atoms with Gasteiger partial charge in [0.25, 0.3) is 0 Å². The second kappa shape index (κ2) is 3.98. The van der Waals surface area contributed by atoms with Crippen LogP contribution in [-0.2, 0) is 0 Å². The van der Waals surface area contributed by atoms with Gasteiger partial charge in [0.2, 0.25) is 0 Å². The molecule has 1 heteroatoms. The maximum Gasteiger partial charge on any atom is -0.00676 e. The van der Waals surface area contributed by atoms with E-state index < -0.39 is 0 Å². The zero-order chi connectivity index (χ0) is 12.1. The summed E-state index contributed by atoms with van der Waals surface area (Å²) in [5, 5.41) is 0.688. The van der Waals surface area contributed by atoms with Gasteiger partial charge in [-0.05, 0) is 60.2 Å². The molecule has 16 heavy (non-hydrogen) atoms. The van der Waals surface area contributed by atoms with Crippen molar-refractivity contribution in [1.82, 2.24) is 0 Å². The summed E-state index contributed by atoms with van der Waals surface area (Å²) in [4.78, 5) is 0. The Balaban J connectivity index is 2.39. The largest absolute Gasteiger partial charge is 0.118 e. The summed E-state index contributed by atoms with van der Waals surface area (Å²) >= 11 is 0. The van der Waals surface area contributed by atoms with Crippen molar-refractivity contribution in [3.05, 3.63) is 0 Å². The molecular weight excluding hydrogens is 211 g/mol. The van der Waals surface area contributed by atoms with E-state index in [9.17, 15) is 0 Å². The molecule has 0 saturated heterocycles. The molecule has 94 valence electrons. The molecule has 0 nitrogen and oxygen atoms in total. The molecule has 0 spiro atoms. The molecule has 0 N–H and O–H groups in total. The highest BCUT2D eigenvalue weighted by Crippen LogP contribution is 2.65. The molecule has 2 aliphatic rings. The van der Waals surface area contributed by atoms with Crippen LogP contribution in [0.15, 0.2) is 0 Å². The van der Waals surface area contributed by atoms with Crippen LogP contribution >= 0.6 is 8.58 Å². The number of rotatable bonds is 1. The summed E-state index contributed by atoms with van der Waals surface area (Å²) in [5.74, 6) is 3.74. The lowest BCUT2D eigenvalue weighted by molar-refractivity contribution is -0.0496. The minimum Gasteiger partial charge on any atom is -0.118 e. The van der Waals surface area contributed by atoms with Crippen molar-refractivity contribution in [3.8, 4) is 0 Å². The maximum absolute atomic E-state index is 2.58. The maximum atomic E-state index is 2.58. The quantitative estimate of drug-likeness (QED) is 0.578. The molecule has 7 atom stereocenters. The molecular formula is C15H29P. The first kappa shape index (κ1) is 12.9. The first-order valence-corrected chi connectivity index (χ1v) is 8.55. The van der Waals surface area contributed by atoms with Gasteiger partial charge in [0.05, 0.1) is 0 Å². The summed E-state index contributed by atoms with van der Waals surface area (Å²) in [7, 11) is 1.14. The first-order chi connectivity index (χ1) is 7.36. The van der Waals surface area contributed by atoms with Gasteiger partial charge in [-0.3, -0.25) is 0 Å². The predicted molar refractivity (Wildman–Crippen MR) is 75.6 cm³/mol. The molecule has 2 bridgehead atoms. The van der Waals surface area contributed by atoms with Gasteiger partial charge < -0.3 is 0 Å². The Morgan fingerprint density at radius 2 is 1.31 bits per heavy atom. The molecule has 0 aromatic heterocycles. The van der Waals surface area contributed by atoms with Gasteiger partial charge in [-0.2, -0.15) is 0 Å². The highest BCUT2D eigenvalue weighted by atomic mass is 31.1. The normalized spacial score (nSPS) is 58.1. The Morgan fingerprint density at radius 1 is 0.875 bits per heavy atom. The Labute approximate surface area is 104 Å². The van der Waals surface area contributed by atoms with Gasteiger partial charge in [0, 0.05) is 0 Å². The van der Waals surface area contributed by atoms with Gasteiger partial charge in [-0.1, -0.05) is 34.6 Å². The van der Waals surface area contributed by atoms with Crippen LogP contribution in [-0.4, -0.2) is 11.8 Å². The van der Waals surface area contributed by atoms with Crippen molar-refractivity contribution in [2.75, 3.05) is 6.66 Å². The smallest absolute Gasteiger partial charge is 0.00676 e.